The van der Waals surface area contributed by atoms with Crippen LogP contribution in [-0.4, -0.2) is 24.1 Å². The molecule has 2 atom stereocenters. The number of hydrogen-bond donors (Lipinski definition) is 0. The number of hydrogen-bond acceptors (Lipinski definition) is 4. The van der Waals surface area contributed by atoms with Crippen molar-refractivity contribution >= 4 is 11.9 Å². The van der Waals surface area contributed by atoms with E-state index in [-0.39, 0.29) is 35.0 Å². The number of allylic oxidation sites excluding steroid dienone is 20. The van der Waals surface area contributed by atoms with Crippen molar-refractivity contribution in [2.45, 2.75) is 121 Å². The summed E-state index contributed by atoms with van der Waals surface area (Å²) in [6.07, 6.45) is 33.0. The van der Waals surface area contributed by atoms with Gasteiger partial charge in [0.1, 0.15) is 12.2 Å². The Morgan fingerprint density at radius 3 is 1.17 bits per heavy atom. The molecule has 0 N–H and O–H groups in total. The summed E-state index contributed by atoms with van der Waals surface area (Å²) in [5.41, 5.74) is 9.84. The van der Waals surface area contributed by atoms with Gasteiger partial charge in [0.15, 0.2) is 0 Å². The molecular formula is C44H60O4. The quantitative estimate of drug-likeness (QED) is 0.155. The summed E-state index contributed by atoms with van der Waals surface area (Å²) in [5, 5.41) is 0. The lowest BCUT2D eigenvalue weighted by molar-refractivity contribution is -0.148. The first-order chi connectivity index (χ1) is 22.4. The van der Waals surface area contributed by atoms with Gasteiger partial charge >= 0.3 is 11.9 Å². The first-order valence-corrected chi connectivity index (χ1v) is 17.2. The van der Waals surface area contributed by atoms with Crippen LogP contribution in [0.3, 0.4) is 0 Å². The predicted molar refractivity (Wildman–Crippen MR) is 203 cm³/mol. The summed E-state index contributed by atoms with van der Waals surface area (Å²) >= 11 is 0. The molecule has 48 heavy (non-hydrogen) atoms. The normalized spacial score (nSPS) is 23.1. The Bertz CT molecular complexity index is 1400. The zero-order chi connectivity index (χ0) is 36.1. The van der Waals surface area contributed by atoms with Crippen LogP contribution in [-0.2, 0) is 19.1 Å². The van der Waals surface area contributed by atoms with Crippen molar-refractivity contribution in [2.75, 3.05) is 0 Å². The lowest BCUT2D eigenvalue weighted by atomic mass is 9.71. The fourth-order valence-electron chi connectivity index (χ4n) is 6.70. The average molecular weight is 653 g/mol. The van der Waals surface area contributed by atoms with Gasteiger partial charge in [-0.2, -0.15) is 0 Å². The Balaban J connectivity index is 1.92. The van der Waals surface area contributed by atoms with Crippen molar-refractivity contribution in [1.29, 1.82) is 0 Å². The molecule has 0 radical (unpaired) electrons. The molecule has 0 amide bonds. The molecule has 0 aromatic rings. The molecule has 0 heterocycles. The number of esters is 2. The van der Waals surface area contributed by atoms with Crippen LogP contribution in [0.1, 0.15) is 109 Å². The van der Waals surface area contributed by atoms with E-state index in [1.807, 2.05) is 0 Å². The van der Waals surface area contributed by atoms with Crippen LogP contribution in [0.5, 0.6) is 0 Å². The molecule has 2 rings (SSSR count). The SMILES string of the molecule is CC(=O)O[C@@H]1CC(C)=C(/C=C/C(C)=C/C=C/C(C)=C/C=C/C=C(C)/C=C/C=C(C)/C=C/C2=C(C)C[C@@H](OC(C)=O)CC2(C)C)C(C)(C)C1. The third-order valence-electron chi connectivity index (χ3n) is 8.88. The fraction of sp³-hybridized carbons (Fsp3) is 0.455. The van der Waals surface area contributed by atoms with E-state index in [0.29, 0.717) is 0 Å². The van der Waals surface area contributed by atoms with Gasteiger partial charge in [-0.1, -0.05) is 146 Å². The Labute approximate surface area is 291 Å². The molecule has 2 aliphatic rings. The number of carbonyl (C=O) groups excluding carboxylic acids is 2. The third kappa shape index (κ3) is 14.1. The van der Waals surface area contributed by atoms with Crippen LogP contribution < -0.4 is 0 Å². The van der Waals surface area contributed by atoms with Crippen LogP contribution in [0.4, 0.5) is 0 Å². The second-order valence-electron chi connectivity index (χ2n) is 14.8. The predicted octanol–water partition coefficient (Wildman–Crippen LogP) is 11.7. The molecule has 4 nitrogen and oxygen atoms in total. The molecule has 0 saturated carbocycles. The smallest absolute Gasteiger partial charge is 0.302 e. The molecule has 0 aromatic heterocycles. The van der Waals surface area contributed by atoms with Crippen LogP contribution >= 0.6 is 0 Å². The van der Waals surface area contributed by atoms with Gasteiger partial charge in [-0.3, -0.25) is 9.59 Å². The molecule has 4 heteroatoms. The molecule has 0 saturated heterocycles. The first-order valence-electron chi connectivity index (χ1n) is 17.2. The second-order valence-corrected chi connectivity index (χ2v) is 14.8. The van der Waals surface area contributed by atoms with E-state index in [4.69, 9.17) is 9.47 Å². The maximum Gasteiger partial charge on any atom is 0.302 e. The zero-order valence-corrected chi connectivity index (χ0v) is 31.7. The molecule has 0 spiro atoms. The van der Waals surface area contributed by atoms with Gasteiger partial charge in [-0.25, -0.2) is 0 Å². The lowest BCUT2D eigenvalue weighted by Crippen LogP contribution is -2.31. The summed E-state index contributed by atoms with van der Waals surface area (Å²) in [6, 6.07) is 0. The van der Waals surface area contributed by atoms with Crippen molar-refractivity contribution in [1.82, 2.24) is 0 Å². The summed E-state index contributed by atoms with van der Waals surface area (Å²) in [6.45, 7) is 24.6. The van der Waals surface area contributed by atoms with Gasteiger partial charge in [0.25, 0.3) is 0 Å². The van der Waals surface area contributed by atoms with E-state index >= 15 is 0 Å². The largest absolute Gasteiger partial charge is 0.462 e. The monoisotopic (exact) mass is 652 g/mol. The van der Waals surface area contributed by atoms with Crippen LogP contribution in [0.25, 0.3) is 0 Å². The van der Waals surface area contributed by atoms with Gasteiger partial charge in [0, 0.05) is 26.7 Å². The average Bonchev–Trinajstić information content (AvgIpc) is 2.93. The molecule has 260 valence electrons. The Hall–Kier alpha value is -3.92. The molecule has 0 aliphatic heterocycles. The summed E-state index contributed by atoms with van der Waals surface area (Å²) < 4.78 is 11.0. The second kappa shape index (κ2) is 18.6. The van der Waals surface area contributed by atoms with E-state index in [1.165, 1.54) is 58.4 Å². The van der Waals surface area contributed by atoms with Crippen LogP contribution in [0, 0.1) is 10.8 Å². The van der Waals surface area contributed by atoms with Crippen molar-refractivity contribution in [3.05, 3.63) is 130 Å². The highest BCUT2D eigenvalue weighted by Gasteiger charge is 2.35. The van der Waals surface area contributed by atoms with E-state index in [9.17, 15) is 9.59 Å². The van der Waals surface area contributed by atoms with Gasteiger partial charge in [0.2, 0.25) is 0 Å². The van der Waals surface area contributed by atoms with Crippen molar-refractivity contribution < 1.29 is 19.1 Å². The Morgan fingerprint density at radius 1 is 0.542 bits per heavy atom. The summed E-state index contributed by atoms with van der Waals surface area (Å²) in [7, 11) is 0. The van der Waals surface area contributed by atoms with Gasteiger partial charge in [-0.05, 0) is 76.4 Å². The van der Waals surface area contributed by atoms with E-state index in [0.717, 1.165) is 25.7 Å². The number of ether oxygens (including phenoxy) is 2. The van der Waals surface area contributed by atoms with E-state index < -0.39 is 0 Å². The standard InChI is InChI=1S/C44H60O4/c1-31(19-15-21-33(3)23-25-41-35(5)27-39(47-37(7)45)29-43(41,9)10)17-13-14-18-32(2)20-16-22-34(4)24-26-42-36(6)28-40(48-38(8)46)30-44(42,11)12/h13-26,39-40H,27-30H2,1-12H3/b14-13+,19-15+,20-16+,25-23+,26-24+,31-17+,32-18+,33-21+,34-22+/t39-,40-/m1/s1. The number of carbonyl (C=O) groups is 2. The van der Waals surface area contributed by atoms with Crippen LogP contribution in [0.15, 0.2) is 130 Å². The zero-order valence-electron chi connectivity index (χ0n) is 31.7. The molecule has 0 bridgehead atoms. The van der Waals surface area contributed by atoms with Gasteiger partial charge in [0.05, 0.1) is 0 Å². The topological polar surface area (TPSA) is 52.6 Å². The highest BCUT2D eigenvalue weighted by Crippen LogP contribution is 2.43. The highest BCUT2D eigenvalue weighted by molar-refractivity contribution is 5.66. The fourth-order valence-corrected chi connectivity index (χ4v) is 6.70. The summed E-state index contributed by atoms with van der Waals surface area (Å²) in [5.74, 6) is -0.412. The maximum atomic E-state index is 11.4. The highest BCUT2D eigenvalue weighted by atomic mass is 16.5. The minimum Gasteiger partial charge on any atom is -0.462 e. The Kier molecular flexibility index (Phi) is 15.6. The van der Waals surface area contributed by atoms with E-state index in [2.05, 4.69) is 154 Å². The third-order valence-corrected chi connectivity index (χ3v) is 8.88. The van der Waals surface area contributed by atoms with Crippen LogP contribution in [0.2, 0.25) is 0 Å². The first kappa shape index (κ1) is 40.3. The maximum absolute atomic E-state index is 11.4. The van der Waals surface area contributed by atoms with E-state index in [1.54, 1.807) is 0 Å². The van der Waals surface area contributed by atoms with Crippen molar-refractivity contribution in [3.63, 3.8) is 0 Å². The summed E-state index contributed by atoms with van der Waals surface area (Å²) in [4.78, 5) is 22.9. The Morgan fingerprint density at radius 2 is 0.854 bits per heavy atom. The van der Waals surface area contributed by atoms with Crippen molar-refractivity contribution in [3.8, 4) is 0 Å². The number of rotatable bonds is 12. The minimum atomic E-state index is -0.206. The van der Waals surface area contributed by atoms with Crippen molar-refractivity contribution in [2.24, 2.45) is 10.8 Å². The van der Waals surface area contributed by atoms with Gasteiger partial charge in [-0.15, -0.1) is 0 Å². The molecule has 0 unspecified atom stereocenters. The molecule has 0 aromatic carbocycles. The van der Waals surface area contributed by atoms with Gasteiger partial charge < -0.3 is 9.47 Å². The lowest BCUT2D eigenvalue weighted by Gasteiger charge is -2.37. The molecular weight excluding hydrogens is 592 g/mol. The molecule has 0 fully saturated rings. The molecule has 2 aliphatic carbocycles. The minimum absolute atomic E-state index is 0.0390.